The van der Waals surface area contributed by atoms with E-state index in [0.29, 0.717) is 5.92 Å². The van der Waals surface area contributed by atoms with Crippen LogP contribution < -0.4 is 9.64 Å². The van der Waals surface area contributed by atoms with Crippen molar-refractivity contribution in [1.29, 1.82) is 0 Å². The van der Waals surface area contributed by atoms with Crippen molar-refractivity contribution in [2.45, 2.75) is 12.8 Å². The second-order valence-corrected chi connectivity index (χ2v) is 7.21. The van der Waals surface area contributed by atoms with E-state index in [1.165, 1.54) is 0 Å². The van der Waals surface area contributed by atoms with Gasteiger partial charge in [0.25, 0.3) is 0 Å². The lowest BCUT2D eigenvalue weighted by Gasteiger charge is -2.31. The highest BCUT2D eigenvalue weighted by Gasteiger charge is 2.21. The maximum atomic E-state index is 5.86. The molecule has 25 heavy (non-hydrogen) atoms. The van der Waals surface area contributed by atoms with Gasteiger partial charge in [-0.15, -0.1) is 0 Å². The van der Waals surface area contributed by atoms with Gasteiger partial charge in [0.05, 0.1) is 12.1 Å². The first-order valence-electron chi connectivity index (χ1n) is 8.48. The Balaban J connectivity index is 1.36. The summed E-state index contributed by atoms with van der Waals surface area (Å²) in [6, 6.07) is 9.89. The van der Waals surface area contributed by atoms with Crippen molar-refractivity contribution in [2.24, 2.45) is 5.92 Å². The minimum atomic E-state index is 0.570. The fraction of sp³-hybridized carbons (Fsp3) is 0.316. The molecule has 1 saturated heterocycles. The van der Waals surface area contributed by atoms with E-state index in [-0.39, 0.29) is 0 Å². The van der Waals surface area contributed by atoms with Gasteiger partial charge >= 0.3 is 0 Å². The summed E-state index contributed by atoms with van der Waals surface area (Å²) in [5, 5.41) is 1.05. The van der Waals surface area contributed by atoms with Gasteiger partial charge < -0.3 is 9.64 Å². The topological polar surface area (TPSA) is 51.1 Å². The van der Waals surface area contributed by atoms with Gasteiger partial charge in [-0.3, -0.25) is 4.98 Å². The molecule has 0 spiro atoms. The molecule has 1 aliphatic heterocycles. The molecule has 0 atom stereocenters. The summed E-state index contributed by atoms with van der Waals surface area (Å²) < 4.78 is 6.91. The minimum absolute atomic E-state index is 0.570. The summed E-state index contributed by atoms with van der Waals surface area (Å²) in [6.45, 7) is 2.68. The Kier molecular flexibility index (Phi) is 4.78. The number of hydrogen-bond acceptors (Lipinski definition) is 5. The second kappa shape index (κ2) is 7.35. The zero-order valence-corrected chi connectivity index (χ0v) is 15.4. The number of ether oxygens (including phenoxy) is 1. The number of hydrogen-bond donors (Lipinski definition) is 0. The smallest absolute Gasteiger partial charge is 0.225 e. The van der Waals surface area contributed by atoms with Gasteiger partial charge in [0, 0.05) is 41.5 Å². The lowest BCUT2D eigenvalue weighted by Crippen LogP contribution is -2.36. The Morgan fingerprint density at radius 2 is 1.92 bits per heavy atom. The molecule has 3 aromatic rings. The summed E-state index contributed by atoms with van der Waals surface area (Å²) in [5.74, 6) is 2.28. The fourth-order valence-corrected chi connectivity index (χ4v) is 3.47. The van der Waals surface area contributed by atoms with Crippen LogP contribution in [0.4, 0.5) is 5.95 Å². The highest BCUT2D eigenvalue weighted by molar-refractivity contribution is 9.10. The molecule has 128 valence electrons. The molecule has 0 bridgehead atoms. The third kappa shape index (κ3) is 3.90. The average molecular weight is 399 g/mol. The van der Waals surface area contributed by atoms with Crippen LogP contribution >= 0.6 is 15.9 Å². The average Bonchev–Trinajstić information content (AvgIpc) is 2.67. The second-order valence-electron chi connectivity index (χ2n) is 6.30. The molecule has 1 fully saturated rings. The molecule has 0 radical (unpaired) electrons. The first kappa shape index (κ1) is 16.3. The molecule has 0 unspecified atom stereocenters. The zero-order valence-electron chi connectivity index (χ0n) is 13.8. The summed E-state index contributed by atoms with van der Waals surface area (Å²) in [5.41, 5.74) is 0.983. The number of fused-ring (bicyclic) bond motifs is 1. The van der Waals surface area contributed by atoms with E-state index in [1.807, 2.05) is 36.5 Å². The minimum Gasteiger partial charge on any atom is -0.493 e. The van der Waals surface area contributed by atoms with E-state index in [9.17, 15) is 0 Å². The summed E-state index contributed by atoms with van der Waals surface area (Å²) in [4.78, 5) is 15.5. The van der Waals surface area contributed by atoms with Gasteiger partial charge in [-0.2, -0.15) is 0 Å². The summed E-state index contributed by atoms with van der Waals surface area (Å²) in [7, 11) is 0. The number of anilines is 1. The predicted octanol–water partition coefficient (Wildman–Crippen LogP) is 4.08. The van der Waals surface area contributed by atoms with E-state index in [0.717, 1.165) is 59.6 Å². The SMILES string of the molecule is Brc1ccc2nc(N3CCC(COc4ccncc4)CC3)ncc2c1. The molecule has 1 aromatic carbocycles. The van der Waals surface area contributed by atoms with Crippen LogP contribution in [0.15, 0.2) is 53.4 Å². The van der Waals surface area contributed by atoms with Crippen LogP contribution in [0.25, 0.3) is 10.9 Å². The Hall–Kier alpha value is -2.21. The van der Waals surface area contributed by atoms with E-state index in [1.54, 1.807) is 12.4 Å². The van der Waals surface area contributed by atoms with Gasteiger partial charge in [0.1, 0.15) is 5.75 Å². The van der Waals surface area contributed by atoms with Crippen molar-refractivity contribution >= 4 is 32.8 Å². The number of benzene rings is 1. The van der Waals surface area contributed by atoms with Crippen LogP contribution in [0.5, 0.6) is 5.75 Å². The van der Waals surface area contributed by atoms with Crippen LogP contribution in [0.1, 0.15) is 12.8 Å². The molecule has 6 heteroatoms. The van der Waals surface area contributed by atoms with Crippen molar-refractivity contribution in [3.63, 3.8) is 0 Å². The van der Waals surface area contributed by atoms with E-state index < -0.39 is 0 Å². The third-order valence-corrected chi connectivity index (χ3v) is 5.06. The van der Waals surface area contributed by atoms with Crippen LogP contribution in [-0.2, 0) is 0 Å². The molecule has 0 saturated carbocycles. The molecule has 0 N–H and O–H groups in total. The number of halogens is 1. The van der Waals surface area contributed by atoms with Gasteiger partial charge in [-0.25, -0.2) is 9.97 Å². The Bertz CT molecular complexity index is 850. The lowest BCUT2D eigenvalue weighted by molar-refractivity contribution is 0.222. The standard InChI is InChI=1S/C19H19BrN4O/c20-16-1-2-18-15(11-16)12-22-19(23-18)24-9-5-14(6-10-24)13-25-17-3-7-21-8-4-17/h1-4,7-8,11-12,14H,5-6,9-10,13H2. The molecule has 5 nitrogen and oxygen atoms in total. The van der Waals surface area contributed by atoms with Crippen LogP contribution in [0, 0.1) is 5.92 Å². The molecular formula is C19H19BrN4O. The maximum absolute atomic E-state index is 5.86. The van der Waals surface area contributed by atoms with Crippen molar-refractivity contribution in [3.8, 4) is 5.75 Å². The van der Waals surface area contributed by atoms with Crippen LogP contribution in [0.2, 0.25) is 0 Å². The van der Waals surface area contributed by atoms with Crippen molar-refractivity contribution < 1.29 is 4.74 Å². The number of aromatic nitrogens is 3. The molecular weight excluding hydrogens is 380 g/mol. The maximum Gasteiger partial charge on any atom is 0.225 e. The van der Waals surface area contributed by atoms with Gasteiger partial charge in [0.15, 0.2) is 0 Å². The molecule has 3 heterocycles. The van der Waals surface area contributed by atoms with E-state index in [4.69, 9.17) is 9.72 Å². The van der Waals surface area contributed by atoms with Crippen molar-refractivity contribution in [3.05, 3.63) is 53.4 Å². The van der Waals surface area contributed by atoms with Crippen LogP contribution in [0.3, 0.4) is 0 Å². The van der Waals surface area contributed by atoms with Gasteiger partial charge in [-0.05, 0) is 49.1 Å². The predicted molar refractivity (Wildman–Crippen MR) is 102 cm³/mol. The fourth-order valence-electron chi connectivity index (χ4n) is 3.10. The first-order chi connectivity index (χ1) is 12.3. The number of pyridine rings is 1. The van der Waals surface area contributed by atoms with E-state index in [2.05, 4.69) is 30.8 Å². The van der Waals surface area contributed by atoms with Crippen molar-refractivity contribution in [1.82, 2.24) is 15.0 Å². The zero-order chi connectivity index (χ0) is 17.1. The molecule has 4 rings (SSSR count). The first-order valence-corrected chi connectivity index (χ1v) is 9.27. The van der Waals surface area contributed by atoms with Gasteiger partial charge in [-0.1, -0.05) is 15.9 Å². The molecule has 2 aromatic heterocycles. The lowest BCUT2D eigenvalue weighted by atomic mass is 9.98. The quantitative estimate of drug-likeness (QED) is 0.662. The highest BCUT2D eigenvalue weighted by atomic mass is 79.9. The summed E-state index contributed by atoms with van der Waals surface area (Å²) in [6.07, 6.45) is 7.60. The van der Waals surface area contributed by atoms with Gasteiger partial charge in [0.2, 0.25) is 5.95 Å². The monoisotopic (exact) mass is 398 g/mol. The Labute approximate surface area is 155 Å². The van der Waals surface area contributed by atoms with Crippen LogP contribution in [-0.4, -0.2) is 34.6 Å². The molecule has 1 aliphatic rings. The number of nitrogens with zero attached hydrogens (tertiary/aromatic N) is 4. The Morgan fingerprint density at radius 3 is 2.72 bits per heavy atom. The number of piperidine rings is 1. The molecule has 0 aliphatic carbocycles. The third-order valence-electron chi connectivity index (χ3n) is 4.56. The normalized spacial score (nSPS) is 15.5. The largest absolute Gasteiger partial charge is 0.493 e. The number of rotatable bonds is 4. The Morgan fingerprint density at radius 1 is 1.12 bits per heavy atom. The highest BCUT2D eigenvalue weighted by Crippen LogP contribution is 2.24. The summed E-state index contributed by atoms with van der Waals surface area (Å²) >= 11 is 3.48. The van der Waals surface area contributed by atoms with E-state index >= 15 is 0 Å². The molecule has 0 amide bonds. The van der Waals surface area contributed by atoms with Crippen molar-refractivity contribution in [2.75, 3.05) is 24.6 Å².